The lowest BCUT2D eigenvalue weighted by Gasteiger charge is -2.18. The van der Waals surface area contributed by atoms with Crippen LogP contribution in [-0.2, 0) is 0 Å². The van der Waals surface area contributed by atoms with Crippen LogP contribution in [0, 0.1) is 0 Å². The van der Waals surface area contributed by atoms with Crippen molar-refractivity contribution in [2.45, 2.75) is 30.9 Å². The molecule has 5 heteroatoms. The Morgan fingerprint density at radius 2 is 1.60 bits per heavy atom. The van der Waals surface area contributed by atoms with Gasteiger partial charge in [-0.25, -0.2) is 4.39 Å². The van der Waals surface area contributed by atoms with Gasteiger partial charge in [-0.05, 0) is 6.42 Å². The fraction of sp³-hybridized carbons (Fsp3) is 1.00. The Labute approximate surface area is 54.0 Å². The van der Waals surface area contributed by atoms with Gasteiger partial charge in [0.05, 0.1) is 0 Å². The van der Waals surface area contributed by atoms with E-state index in [2.05, 4.69) is 0 Å². The van der Waals surface area contributed by atoms with Crippen molar-refractivity contribution in [3.05, 3.63) is 0 Å². The molecule has 0 spiro atoms. The van der Waals surface area contributed by atoms with E-state index < -0.39 is 30.9 Å². The summed E-state index contributed by atoms with van der Waals surface area (Å²) in [7, 11) is 0. The van der Waals surface area contributed by atoms with Crippen molar-refractivity contribution >= 4 is 0 Å². The van der Waals surface area contributed by atoms with Crippen molar-refractivity contribution in [1.82, 2.24) is 0 Å². The minimum absolute atomic E-state index is 0.750. The first kappa shape index (κ1) is 7.75. The van der Waals surface area contributed by atoms with Crippen molar-refractivity contribution in [3.8, 4) is 0 Å². The van der Waals surface area contributed by atoms with E-state index in [1.54, 1.807) is 0 Å². The molecule has 0 aliphatic heterocycles. The second-order valence-corrected chi connectivity index (χ2v) is 2.33. The number of alkyl halides is 5. The predicted molar refractivity (Wildman–Crippen MR) is 24.0 cm³/mol. The van der Waals surface area contributed by atoms with Gasteiger partial charge in [-0.3, -0.25) is 0 Å². The maximum absolute atomic E-state index is 12.0. The van der Waals surface area contributed by atoms with E-state index in [0.29, 0.717) is 0 Å². The van der Waals surface area contributed by atoms with Crippen molar-refractivity contribution < 1.29 is 22.0 Å². The molecule has 1 unspecified atom stereocenters. The molecule has 0 amide bonds. The quantitative estimate of drug-likeness (QED) is 0.477. The van der Waals surface area contributed by atoms with E-state index in [-0.39, 0.29) is 0 Å². The fourth-order valence-electron chi connectivity index (χ4n) is 0.885. The SMILES string of the molecule is FC1CCC(F)(F)C1(F)F. The number of halogens is 5. The van der Waals surface area contributed by atoms with E-state index in [9.17, 15) is 22.0 Å². The zero-order chi connectivity index (χ0) is 7.99. The first-order valence-electron chi connectivity index (χ1n) is 2.77. The van der Waals surface area contributed by atoms with Crippen LogP contribution in [0.1, 0.15) is 12.8 Å². The van der Waals surface area contributed by atoms with Crippen LogP contribution in [-0.4, -0.2) is 18.0 Å². The molecular formula is C5H5F5. The van der Waals surface area contributed by atoms with Gasteiger partial charge in [0.15, 0.2) is 6.17 Å². The molecule has 10 heavy (non-hydrogen) atoms. The van der Waals surface area contributed by atoms with E-state index in [1.165, 1.54) is 0 Å². The summed E-state index contributed by atoms with van der Waals surface area (Å²) in [5, 5.41) is 0. The molecule has 0 heterocycles. The highest BCUT2D eigenvalue weighted by Crippen LogP contribution is 2.48. The maximum atomic E-state index is 12.0. The van der Waals surface area contributed by atoms with E-state index in [0.717, 1.165) is 0 Å². The summed E-state index contributed by atoms with van der Waals surface area (Å²) >= 11 is 0. The lowest BCUT2D eigenvalue weighted by molar-refractivity contribution is -0.207. The smallest absolute Gasteiger partial charge is 0.241 e. The van der Waals surface area contributed by atoms with Crippen LogP contribution in [0.4, 0.5) is 22.0 Å². The molecule has 0 nitrogen and oxygen atoms in total. The Balaban J connectivity index is 2.84. The van der Waals surface area contributed by atoms with Gasteiger partial charge in [-0.1, -0.05) is 0 Å². The van der Waals surface area contributed by atoms with Crippen molar-refractivity contribution in [2.24, 2.45) is 0 Å². The standard InChI is InChI=1S/C5H5F5/c6-3-1-2-4(7,8)5(3,9)10/h3H,1-2H2. The molecule has 1 aliphatic carbocycles. The number of hydrogen-bond acceptors (Lipinski definition) is 0. The minimum atomic E-state index is -4.45. The highest BCUT2D eigenvalue weighted by Gasteiger charge is 2.66. The second-order valence-electron chi connectivity index (χ2n) is 2.33. The molecule has 0 saturated heterocycles. The van der Waals surface area contributed by atoms with Gasteiger partial charge in [0.1, 0.15) is 0 Å². The molecule has 60 valence electrons. The molecule has 1 aliphatic rings. The third-order valence-corrected chi connectivity index (χ3v) is 1.59. The Bertz CT molecular complexity index is 141. The molecule has 0 radical (unpaired) electrons. The highest BCUT2D eigenvalue weighted by molar-refractivity contribution is 4.98. The largest absolute Gasteiger partial charge is 0.340 e. The summed E-state index contributed by atoms with van der Waals surface area (Å²) in [6.07, 6.45) is -4.48. The third-order valence-electron chi connectivity index (χ3n) is 1.59. The Kier molecular flexibility index (Phi) is 1.42. The van der Waals surface area contributed by atoms with Crippen LogP contribution in [0.2, 0.25) is 0 Å². The molecule has 1 rings (SSSR count). The van der Waals surface area contributed by atoms with Crippen LogP contribution in [0.25, 0.3) is 0 Å². The zero-order valence-electron chi connectivity index (χ0n) is 4.88. The number of rotatable bonds is 0. The zero-order valence-corrected chi connectivity index (χ0v) is 4.88. The van der Waals surface area contributed by atoms with Gasteiger partial charge in [-0.2, -0.15) is 17.6 Å². The van der Waals surface area contributed by atoms with Gasteiger partial charge < -0.3 is 0 Å². The third kappa shape index (κ3) is 0.793. The van der Waals surface area contributed by atoms with Crippen molar-refractivity contribution in [1.29, 1.82) is 0 Å². The molecule has 1 fully saturated rings. The first-order chi connectivity index (χ1) is 4.38. The first-order valence-corrected chi connectivity index (χ1v) is 2.77. The van der Waals surface area contributed by atoms with Gasteiger partial charge in [0.2, 0.25) is 0 Å². The topological polar surface area (TPSA) is 0 Å². The van der Waals surface area contributed by atoms with Gasteiger partial charge >= 0.3 is 11.8 Å². The average molecular weight is 160 g/mol. The summed E-state index contributed by atoms with van der Waals surface area (Å²) in [6, 6.07) is 0. The van der Waals surface area contributed by atoms with Gasteiger partial charge in [0, 0.05) is 6.42 Å². The van der Waals surface area contributed by atoms with E-state index in [4.69, 9.17) is 0 Å². The lowest BCUT2D eigenvalue weighted by Crippen LogP contribution is -2.40. The van der Waals surface area contributed by atoms with Crippen LogP contribution < -0.4 is 0 Å². The molecule has 0 bridgehead atoms. The highest BCUT2D eigenvalue weighted by atomic mass is 19.3. The maximum Gasteiger partial charge on any atom is 0.340 e. The normalized spacial score (nSPS) is 36.3. The molecule has 1 saturated carbocycles. The monoisotopic (exact) mass is 160 g/mol. The summed E-state index contributed by atoms with van der Waals surface area (Å²) in [4.78, 5) is 0. The van der Waals surface area contributed by atoms with Crippen molar-refractivity contribution in [3.63, 3.8) is 0 Å². The Morgan fingerprint density at radius 1 is 1.10 bits per heavy atom. The van der Waals surface area contributed by atoms with Crippen LogP contribution >= 0.6 is 0 Å². The molecular weight excluding hydrogens is 155 g/mol. The van der Waals surface area contributed by atoms with Crippen LogP contribution in [0.15, 0.2) is 0 Å². The summed E-state index contributed by atoms with van der Waals surface area (Å²) in [5.74, 6) is -8.60. The van der Waals surface area contributed by atoms with E-state index in [1.807, 2.05) is 0 Å². The minimum Gasteiger partial charge on any atom is -0.241 e. The Hall–Kier alpha value is -0.350. The molecule has 0 aromatic heterocycles. The summed E-state index contributed by atoms with van der Waals surface area (Å²) in [5.41, 5.74) is 0. The molecule has 0 aromatic rings. The van der Waals surface area contributed by atoms with Crippen molar-refractivity contribution in [2.75, 3.05) is 0 Å². The molecule has 1 atom stereocenters. The molecule has 0 N–H and O–H groups in total. The van der Waals surface area contributed by atoms with Crippen LogP contribution in [0.5, 0.6) is 0 Å². The fourth-order valence-corrected chi connectivity index (χ4v) is 0.885. The molecule has 0 aromatic carbocycles. The number of hydrogen-bond donors (Lipinski definition) is 0. The van der Waals surface area contributed by atoms with E-state index >= 15 is 0 Å². The van der Waals surface area contributed by atoms with Crippen LogP contribution in [0.3, 0.4) is 0 Å². The lowest BCUT2D eigenvalue weighted by atomic mass is 10.2. The predicted octanol–water partition coefficient (Wildman–Crippen LogP) is 2.39. The summed E-state index contributed by atoms with van der Waals surface area (Å²) in [6.45, 7) is 0. The summed E-state index contributed by atoms with van der Waals surface area (Å²) < 4.78 is 59.9. The second kappa shape index (κ2) is 1.83. The van der Waals surface area contributed by atoms with Gasteiger partial charge in [0.25, 0.3) is 0 Å². The van der Waals surface area contributed by atoms with Gasteiger partial charge in [-0.15, -0.1) is 0 Å². The average Bonchev–Trinajstić information content (AvgIpc) is 1.94. The Morgan fingerprint density at radius 3 is 1.70 bits per heavy atom.